The normalized spacial score (nSPS) is 12.2. The third kappa shape index (κ3) is 2.60. The zero-order valence-corrected chi connectivity index (χ0v) is 10.6. The van der Waals surface area contributed by atoms with E-state index in [-0.39, 0.29) is 6.04 Å². The zero-order valence-electron chi connectivity index (χ0n) is 10.6. The Balaban J connectivity index is 2.15. The third-order valence-corrected chi connectivity index (χ3v) is 2.48. The SMILES string of the molecule is COc1ccc(Nc2nnc(C(C)N)o2)cc1C. The largest absolute Gasteiger partial charge is 0.496 e. The molecule has 0 fully saturated rings. The first-order chi connectivity index (χ1) is 8.60. The molecule has 6 heteroatoms. The summed E-state index contributed by atoms with van der Waals surface area (Å²) in [6.45, 7) is 3.75. The van der Waals surface area contributed by atoms with Gasteiger partial charge in [0.25, 0.3) is 0 Å². The average Bonchev–Trinajstić information content (AvgIpc) is 2.78. The second-order valence-corrected chi connectivity index (χ2v) is 4.04. The van der Waals surface area contributed by atoms with Crippen LogP contribution in [-0.2, 0) is 0 Å². The molecule has 2 rings (SSSR count). The smallest absolute Gasteiger partial charge is 0.320 e. The average molecular weight is 248 g/mol. The predicted octanol–water partition coefficient (Wildman–Crippen LogP) is 2.15. The number of aromatic nitrogens is 2. The molecule has 0 radical (unpaired) electrons. The van der Waals surface area contributed by atoms with Crippen molar-refractivity contribution in [3.63, 3.8) is 0 Å². The third-order valence-electron chi connectivity index (χ3n) is 2.48. The molecular weight excluding hydrogens is 232 g/mol. The number of nitrogens with zero attached hydrogens (tertiary/aromatic N) is 2. The first-order valence-electron chi connectivity index (χ1n) is 5.61. The molecule has 1 atom stereocenters. The van der Waals surface area contributed by atoms with Gasteiger partial charge in [-0.15, -0.1) is 5.10 Å². The molecule has 1 aromatic heterocycles. The maximum absolute atomic E-state index is 5.64. The van der Waals surface area contributed by atoms with E-state index in [0.717, 1.165) is 17.0 Å². The minimum Gasteiger partial charge on any atom is -0.496 e. The Bertz CT molecular complexity index is 537. The van der Waals surface area contributed by atoms with Gasteiger partial charge in [0.05, 0.1) is 13.2 Å². The molecular formula is C12H16N4O2. The monoisotopic (exact) mass is 248 g/mol. The second kappa shape index (κ2) is 5.05. The highest BCUT2D eigenvalue weighted by Gasteiger charge is 2.10. The summed E-state index contributed by atoms with van der Waals surface area (Å²) < 4.78 is 10.5. The molecule has 3 N–H and O–H groups in total. The van der Waals surface area contributed by atoms with Gasteiger partial charge in [-0.25, -0.2) is 0 Å². The molecule has 0 saturated carbocycles. The van der Waals surface area contributed by atoms with Gasteiger partial charge in [0.1, 0.15) is 5.75 Å². The molecule has 0 spiro atoms. The Morgan fingerprint density at radius 3 is 2.72 bits per heavy atom. The van der Waals surface area contributed by atoms with Gasteiger partial charge in [0.15, 0.2) is 0 Å². The van der Waals surface area contributed by atoms with Crippen molar-refractivity contribution in [1.29, 1.82) is 0 Å². The molecule has 0 saturated heterocycles. The lowest BCUT2D eigenvalue weighted by Gasteiger charge is -2.07. The molecule has 1 heterocycles. The topological polar surface area (TPSA) is 86.2 Å². The molecule has 6 nitrogen and oxygen atoms in total. The molecule has 0 aliphatic rings. The van der Waals surface area contributed by atoms with Gasteiger partial charge < -0.3 is 20.2 Å². The van der Waals surface area contributed by atoms with E-state index in [0.29, 0.717) is 11.9 Å². The van der Waals surface area contributed by atoms with Crippen LogP contribution in [0.1, 0.15) is 24.4 Å². The highest BCUT2D eigenvalue weighted by atomic mass is 16.5. The molecule has 1 unspecified atom stereocenters. The van der Waals surface area contributed by atoms with Gasteiger partial charge in [-0.2, -0.15) is 0 Å². The Hall–Kier alpha value is -2.08. The van der Waals surface area contributed by atoms with E-state index in [2.05, 4.69) is 15.5 Å². The number of ether oxygens (including phenoxy) is 1. The van der Waals surface area contributed by atoms with Crippen LogP contribution in [0.4, 0.5) is 11.7 Å². The van der Waals surface area contributed by atoms with Crippen LogP contribution in [0.3, 0.4) is 0 Å². The Morgan fingerprint density at radius 2 is 2.17 bits per heavy atom. The molecule has 2 aromatic rings. The van der Waals surface area contributed by atoms with Crippen molar-refractivity contribution >= 4 is 11.7 Å². The number of nitrogens with two attached hydrogens (primary N) is 1. The Kier molecular flexibility index (Phi) is 3.47. The van der Waals surface area contributed by atoms with Gasteiger partial charge in [-0.05, 0) is 37.6 Å². The summed E-state index contributed by atoms with van der Waals surface area (Å²) >= 11 is 0. The van der Waals surface area contributed by atoms with Crippen molar-refractivity contribution in [2.24, 2.45) is 5.73 Å². The van der Waals surface area contributed by atoms with Crippen molar-refractivity contribution in [3.05, 3.63) is 29.7 Å². The van der Waals surface area contributed by atoms with Crippen LogP contribution in [0.15, 0.2) is 22.6 Å². The fourth-order valence-corrected chi connectivity index (χ4v) is 1.55. The van der Waals surface area contributed by atoms with E-state index >= 15 is 0 Å². The highest BCUT2D eigenvalue weighted by Crippen LogP contribution is 2.24. The highest BCUT2D eigenvalue weighted by molar-refractivity contribution is 5.56. The zero-order chi connectivity index (χ0) is 13.1. The fraction of sp³-hybridized carbons (Fsp3) is 0.333. The summed E-state index contributed by atoms with van der Waals surface area (Å²) in [4.78, 5) is 0. The molecule has 0 aliphatic carbocycles. The van der Waals surface area contributed by atoms with Crippen LogP contribution >= 0.6 is 0 Å². The summed E-state index contributed by atoms with van der Waals surface area (Å²) in [6.07, 6.45) is 0. The minimum atomic E-state index is -0.273. The van der Waals surface area contributed by atoms with Gasteiger partial charge >= 0.3 is 6.01 Å². The molecule has 0 bridgehead atoms. The van der Waals surface area contributed by atoms with Crippen LogP contribution in [0.2, 0.25) is 0 Å². The second-order valence-electron chi connectivity index (χ2n) is 4.04. The maximum Gasteiger partial charge on any atom is 0.320 e. The van der Waals surface area contributed by atoms with Crippen molar-refractivity contribution in [1.82, 2.24) is 10.2 Å². The number of methoxy groups -OCH3 is 1. The van der Waals surface area contributed by atoms with Crippen LogP contribution in [0, 0.1) is 6.92 Å². The first-order valence-corrected chi connectivity index (χ1v) is 5.61. The Morgan fingerprint density at radius 1 is 1.39 bits per heavy atom. The van der Waals surface area contributed by atoms with Crippen molar-refractivity contribution in [2.75, 3.05) is 12.4 Å². The van der Waals surface area contributed by atoms with Crippen molar-refractivity contribution in [3.8, 4) is 5.75 Å². The minimum absolute atomic E-state index is 0.273. The summed E-state index contributed by atoms with van der Waals surface area (Å²) in [6, 6.07) is 5.74. The molecule has 0 aliphatic heterocycles. The van der Waals surface area contributed by atoms with Gasteiger partial charge in [0, 0.05) is 5.69 Å². The fourth-order valence-electron chi connectivity index (χ4n) is 1.55. The predicted molar refractivity (Wildman–Crippen MR) is 67.9 cm³/mol. The number of aryl methyl sites for hydroxylation is 1. The standard InChI is InChI=1S/C12H16N4O2/c1-7-6-9(4-5-10(7)17-3)14-12-16-15-11(18-12)8(2)13/h4-6,8H,13H2,1-3H3,(H,14,16). The van der Waals surface area contributed by atoms with Crippen LogP contribution < -0.4 is 15.8 Å². The number of anilines is 2. The molecule has 1 aromatic carbocycles. The number of nitrogens with one attached hydrogen (secondary N) is 1. The number of hydrogen-bond acceptors (Lipinski definition) is 6. The first kappa shape index (κ1) is 12.4. The summed E-state index contributed by atoms with van der Waals surface area (Å²) in [7, 11) is 1.64. The molecule has 96 valence electrons. The lowest BCUT2D eigenvalue weighted by atomic mass is 10.2. The van der Waals surface area contributed by atoms with Crippen molar-refractivity contribution in [2.45, 2.75) is 19.9 Å². The van der Waals surface area contributed by atoms with E-state index in [1.54, 1.807) is 14.0 Å². The van der Waals surface area contributed by atoms with E-state index in [4.69, 9.17) is 14.9 Å². The number of hydrogen-bond donors (Lipinski definition) is 2. The van der Waals surface area contributed by atoms with E-state index in [9.17, 15) is 0 Å². The molecule has 18 heavy (non-hydrogen) atoms. The summed E-state index contributed by atoms with van der Waals surface area (Å²) in [5.74, 6) is 1.24. The lowest BCUT2D eigenvalue weighted by molar-refractivity contribution is 0.412. The van der Waals surface area contributed by atoms with E-state index in [1.165, 1.54) is 0 Å². The van der Waals surface area contributed by atoms with E-state index < -0.39 is 0 Å². The number of benzene rings is 1. The maximum atomic E-state index is 5.64. The lowest BCUT2D eigenvalue weighted by Crippen LogP contribution is -2.04. The van der Waals surface area contributed by atoms with Crippen LogP contribution in [-0.4, -0.2) is 17.3 Å². The van der Waals surface area contributed by atoms with Gasteiger partial charge in [-0.3, -0.25) is 0 Å². The van der Waals surface area contributed by atoms with E-state index in [1.807, 2.05) is 25.1 Å². The van der Waals surface area contributed by atoms with Gasteiger partial charge in [-0.1, -0.05) is 5.10 Å². The van der Waals surface area contributed by atoms with Crippen molar-refractivity contribution < 1.29 is 9.15 Å². The summed E-state index contributed by atoms with van der Waals surface area (Å²) in [5.41, 5.74) is 7.52. The van der Waals surface area contributed by atoms with Crippen LogP contribution in [0.25, 0.3) is 0 Å². The number of rotatable bonds is 4. The Labute approximate surface area is 105 Å². The molecule has 0 amide bonds. The van der Waals surface area contributed by atoms with Gasteiger partial charge in [0.2, 0.25) is 5.89 Å². The van der Waals surface area contributed by atoms with Crippen LogP contribution in [0.5, 0.6) is 5.75 Å². The quantitative estimate of drug-likeness (QED) is 0.862. The summed E-state index contributed by atoms with van der Waals surface area (Å²) in [5, 5.41) is 10.7.